The van der Waals surface area contributed by atoms with Crippen molar-refractivity contribution in [3.8, 4) is 10.6 Å². The smallest absolute Gasteiger partial charge is 0.375 e. The van der Waals surface area contributed by atoms with Gasteiger partial charge in [0.25, 0.3) is 5.82 Å². The monoisotopic (exact) mass is 246 g/mol. The number of benzene rings is 1. The van der Waals surface area contributed by atoms with E-state index in [1.165, 1.54) is 15.9 Å². The zero-order chi connectivity index (χ0) is 11.8. The van der Waals surface area contributed by atoms with Crippen LogP contribution in [-0.4, -0.2) is 30.9 Å². The number of rotatable bonds is 2. The third-order valence-electron chi connectivity index (χ3n) is 2.20. The highest BCUT2D eigenvalue weighted by molar-refractivity contribution is 7.19. The molecule has 0 saturated heterocycles. The maximum Gasteiger partial charge on any atom is 0.375 e. The Morgan fingerprint density at radius 2 is 2.00 bits per heavy atom. The number of hydrogen-bond donors (Lipinski definition) is 1. The molecule has 0 amide bonds. The molecule has 2 heterocycles. The summed E-state index contributed by atoms with van der Waals surface area (Å²) >= 11 is 1.30. The van der Waals surface area contributed by atoms with Gasteiger partial charge in [0.1, 0.15) is 5.01 Å². The first-order valence-corrected chi connectivity index (χ1v) is 5.58. The average molecular weight is 246 g/mol. The van der Waals surface area contributed by atoms with Crippen molar-refractivity contribution in [2.24, 2.45) is 0 Å². The second-order valence-electron chi connectivity index (χ2n) is 3.30. The number of aromatic carboxylic acids is 1. The first-order valence-electron chi connectivity index (χ1n) is 4.76. The van der Waals surface area contributed by atoms with Crippen LogP contribution in [0.15, 0.2) is 30.3 Å². The summed E-state index contributed by atoms with van der Waals surface area (Å²) in [5.41, 5.74) is 0.930. The van der Waals surface area contributed by atoms with Gasteiger partial charge in [-0.25, -0.2) is 4.79 Å². The molecule has 0 saturated carbocycles. The van der Waals surface area contributed by atoms with Gasteiger partial charge in [0.2, 0.25) is 4.96 Å². The minimum Gasteiger partial charge on any atom is -0.475 e. The summed E-state index contributed by atoms with van der Waals surface area (Å²) in [4.78, 5) is 11.3. The van der Waals surface area contributed by atoms with Gasteiger partial charge in [-0.1, -0.05) is 41.7 Å². The fourth-order valence-electron chi connectivity index (χ4n) is 1.45. The van der Waals surface area contributed by atoms with E-state index in [2.05, 4.69) is 15.3 Å². The standard InChI is InChI=1S/C10H6N4O2S/c15-9(16)7-11-12-10-14(7)13-8(17-10)6-4-2-1-3-5-6/h1-5H,(H,15,16). The molecule has 3 aromatic rings. The van der Waals surface area contributed by atoms with E-state index in [1.54, 1.807) is 0 Å². The molecule has 0 fully saturated rings. The molecular weight excluding hydrogens is 240 g/mol. The van der Waals surface area contributed by atoms with Crippen molar-refractivity contribution >= 4 is 22.3 Å². The second-order valence-corrected chi connectivity index (χ2v) is 4.25. The number of aromatic nitrogens is 4. The molecule has 2 aromatic heterocycles. The van der Waals surface area contributed by atoms with Crippen LogP contribution in [0.5, 0.6) is 0 Å². The van der Waals surface area contributed by atoms with E-state index in [1.807, 2.05) is 30.3 Å². The van der Waals surface area contributed by atoms with Gasteiger partial charge < -0.3 is 5.11 Å². The van der Waals surface area contributed by atoms with Crippen molar-refractivity contribution in [2.45, 2.75) is 0 Å². The highest BCUT2D eigenvalue weighted by Crippen LogP contribution is 2.24. The predicted octanol–water partition coefficient (Wildman–Crippen LogP) is 1.55. The summed E-state index contributed by atoms with van der Waals surface area (Å²) in [6.07, 6.45) is 0. The maximum atomic E-state index is 10.9. The van der Waals surface area contributed by atoms with E-state index >= 15 is 0 Å². The van der Waals surface area contributed by atoms with Gasteiger partial charge in [-0.15, -0.1) is 10.2 Å². The third-order valence-corrected chi connectivity index (χ3v) is 3.15. The molecule has 0 unspecified atom stereocenters. The summed E-state index contributed by atoms with van der Waals surface area (Å²) in [7, 11) is 0. The number of hydrogen-bond acceptors (Lipinski definition) is 5. The maximum absolute atomic E-state index is 10.9. The van der Waals surface area contributed by atoms with E-state index in [-0.39, 0.29) is 5.82 Å². The zero-order valence-corrected chi connectivity index (χ0v) is 9.26. The van der Waals surface area contributed by atoms with Gasteiger partial charge in [0.15, 0.2) is 0 Å². The Labute approximate surface area is 99.2 Å². The van der Waals surface area contributed by atoms with Crippen molar-refractivity contribution in [2.75, 3.05) is 0 Å². The quantitative estimate of drug-likeness (QED) is 0.742. The molecule has 7 heteroatoms. The fourth-order valence-corrected chi connectivity index (χ4v) is 2.29. The molecule has 0 spiro atoms. The molecule has 0 atom stereocenters. The van der Waals surface area contributed by atoms with Crippen molar-refractivity contribution in [1.29, 1.82) is 0 Å². The molecule has 3 rings (SSSR count). The SMILES string of the molecule is O=C(O)c1nnc2sc(-c3ccccc3)nn12. The first kappa shape index (κ1) is 9.91. The van der Waals surface area contributed by atoms with Gasteiger partial charge in [-0.05, 0) is 0 Å². The third kappa shape index (κ3) is 1.56. The van der Waals surface area contributed by atoms with Crippen LogP contribution in [0.4, 0.5) is 0 Å². The topological polar surface area (TPSA) is 80.4 Å². The largest absolute Gasteiger partial charge is 0.475 e. The Balaban J connectivity index is 2.18. The molecule has 84 valence electrons. The summed E-state index contributed by atoms with van der Waals surface area (Å²) in [6, 6.07) is 9.52. The normalized spacial score (nSPS) is 10.8. The van der Waals surface area contributed by atoms with Gasteiger partial charge in [0.05, 0.1) is 0 Å². The first-order chi connectivity index (χ1) is 8.25. The van der Waals surface area contributed by atoms with Gasteiger partial charge in [0, 0.05) is 5.56 Å². The molecular formula is C10H6N4O2S. The van der Waals surface area contributed by atoms with Gasteiger partial charge >= 0.3 is 5.97 Å². The molecule has 1 aromatic carbocycles. The van der Waals surface area contributed by atoms with E-state index in [4.69, 9.17) is 5.11 Å². The summed E-state index contributed by atoms with van der Waals surface area (Å²) in [5.74, 6) is -1.30. The molecule has 0 aliphatic rings. The molecule has 0 aliphatic carbocycles. The van der Waals surface area contributed by atoms with Crippen LogP contribution in [-0.2, 0) is 0 Å². The van der Waals surface area contributed by atoms with E-state index in [0.29, 0.717) is 4.96 Å². The van der Waals surface area contributed by atoms with Crippen LogP contribution in [0.25, 0.3) is 15.5 Å². The van der Waals surface area contributed by atoms with E-state index < -0.39 is 5.97 Å². The van der Waals surface area contributed by atoms with Crippen molar-refractivity contribution in [3.05, 3.63) is 36.2 Å². The summed E-state index contributed by atoms with van der Waals surface area (Å²) in [5, 5.41) is 21.1. The number of carboxylic acid groups (broad SMARTS) is 1. The van der Waals surface area contributed by atoms with Crippen LogP contribution in [0.3, 0.4) is 0 Å². The van der Waals surface area contributed by atoms with Crippen LogP contribution in [0, 0.1) is 0 Å². The Bertz CT molecular complexity index is 689. The van der Waals surface area contributed by atoms with Crippen LogP contribution < -0.4 is 0 Å². The minimum absolute atomic E-state index is 0.168. The molecule has 0 aliphatic heterocycles. The lowest BCUT2D eigenvalue weighted by molar-refractivity contribution is 0.0680. The van der Waals surface area contributed by atoms with Crippen molar-refractivity contribution < 1.29 is 9.90 Å². The van der Waals surface area contributed by atoms with E-state index in [9.17, 15) is 4.79 Å². The summed E-state index contributed by atoms with van der Waals surface area (Å²) in [6.45, 7) is 0. The van der Waals surface area contributed by atoms with Crippen molar-refractivity contribution in [3.63, 3.8) is 0 Å². The predicted molar refractivity (Wildman–Crippen MR) is 61.1 cm³/mol. The molecule has 0 radical (unpaired) electrons. The van der Waals surface area contributed by atoms with Crippen molar-refractivity contribution in [1.82, 2.24) is 19.8 Å². The zero-order valence-electron chi connectivity index (χ0n) is 8.44. The highest BCUT2D eigenvalue weighted by atomic mass is 32.1. The highest BCUT2D eigenvalue weighted by Gasteiger charge is 2.17. The molecule has 6 nitrogen and oxygen atoms in total. The fraction of sp³-hybridized carbons (Fsp3) is 0. The van der Waals surface area contributed by atoms with Crippen LogP contribution in [0.2, 0.25) is 0 Å². The Hall–Kier alpha value is -2.28. The van der Waals surface area contributed by atoms with Gasteiger partial charge in [-0.2, -0.15) is 9.61 Å². The second kappa shape index (κ2) is 3.63. The van der Waals surface area contributed by atoms with Crippen LogP contribution >= 0.6 is 11.3 Å². The van der Waals surface area contributed by atoms with E-state index in [0.717, 1.165) is 10.6 Å². The number of carbonyl (C=O) groups is 1. The lowest BCUT2D eigenvalue weighted by Crippen LogP contribution is -2.04. The Kier molecular flexibility index (Phi) is 2.12. The lowest BCUT2D eigenvalue weighted by atomic mass is 10.2. The number of nitrogens with zero attached hydrogens (tertiary/aromatic N) is 4. The van der Waals surface area contributed by atoms with Crippen LogP contribution in [0.1, 0.15) is 10.6 Å². The summed E-state index contributed by atoms with van der Waals surface area (Å²) < 4.78 is 1.25. The lowest BCUT2D eigenvalue weighted by Gasteiger charge is -1.92. The van der Waals surface area contributed by atoms with Gasteiger partial charge in [-0.3, -0.25) is 0 Å². The Morgan fingerprint density at radius 3 is 2.71 bits per heavy atom. The number of carboxylic acids is 1. The average Bonchev–Trinajstić information content (AvgIpc) is 2.88. The molecule has 1 N–H and O–H groups in total. The minimum atomic E-state index is -1.14. The Morgan fingerprint density at radius 1 is 1.24 bits per heavy atom. The molecule has 17 heavy (non-hydrogen) atoms. The molecule has 0 bridgehead atoms. The number of fused-ring (bicyclic) bond motifs is 1.